The minimum absolute atomic E-state index is 0.119. The zero-order chi connectivity index (χ0) is 12.3. The van der Waals surface area contributed by atoms with E-state index in [0.717, 1.165) is 31.6 Å². The van der Waals surface area contributed by atoms with Crippen LogP contribution in [0, 0.1) is 0 Å². The third-order valence-corrected chi connectivity index (χ3v) is 3.25. The van der Waals surface area contributed by atoms with E-state index in [2.05, 4.69) is 0 Å². The van der Waals surface area contributed by atoms with Gasteiger partial charge in [-0.1, -0.05) is 18.2 Å². The first-order valence-corrected chi connectivity index (χ1v) is 6.08. The van der Waals surface area contributed by atoms with E-state index in [1.165, 1.54) is 0 Å². The molecule has 0 spiro atoms. The van der Waals surface area contributed by atoms with E-state index in [9.17, 15) is 4.79 Å². The molecule has 4 nitrogen and oxygen atoms in total. The van der Waals surface area contributed by atoms with E-state index in [4.69, 9.17) is 5.84 Å². The predicted molar refractivity (Wildman–Crippen MR) is 68.4 cm³/mol. The second-order valence-corrected chi connectivity index (χ2v) is 4.45. The van der Waals surface area contributed by atoms with Gasteiger partial charge in [-0.2, -0.15) is 0 Å². The van der Waals surface area contributed by atoms with Crippen molar-refractivity contribution in [3.63, 3.8) is 0 Å². The second kappa shape index (κ2) is 5.19. The van der Waals surface area contributed by atoms with Crippen molar-refractivity contribution in [2.45, 2.75) is 25.8 Å². The van der Waals surface area contributed by atoms with Crippen LogP contribution in [0.5, 0.6) is 0 Å². The first-order valence-electron chi connectivity index (χ1n) is 6.08. The third kappa shape index (κ3) is 2.58. The molecule has 1 heterocycles. The monoisotopic (exact) mass is 233 g/mol. The summed E-state index contributed by atoms with van der Waals surface area (Å²) in [6.45, 7) is 3.59. The number of hydrogen-bond donors (Lipinski definition) is 1. The summed E-state index contributed by atoms with van der Waals surface area (Å²) < 4.78 is 0. The molecule has 0 radical (unpaired) electrons. The number of carbonyl (C=O) groups excluding carboxylic acids is 1. The lowest BCUT2D eigenvalue weighted by molar-refractivity contribution is -0.131. The Kier molecular flexibility index (Phi) is 3.64. The number of hydrazine groups is 1. The summed E-state index contributed by atoms with van der Waals surface area (Å²) in [5, 5.41) is 1.54. The number of benzene rings is 1. The zero-order valence-electron chi connectivity index (χ0n) is 10.2. The highest BCUT2D eigenvalue weighted by Crippen LogP contribution is 2.16. The smallest absolute Gasteiger partial charge is 0.246 e. The van der Waals surface area contributed by atoms with Gasteiger partial charge < -0.3 is 4.90 Å². The van der Waals surface area contributed by atoms with Crippen LogP contribution in [0.3, 0.4) is 0 Å². The van der Waals surface area contributed by atoms with Crippen LogP contribution in [-0.2, 0) is 4.79 Å². The van der Waals surface area contributed by atoms with Crippen molar-refractivity contribution < 1.29 is 4.79 Å². The van der Waals surface area contributed by atoms with Crippen molar-refractivity contribution in [3.05, 3.63) is 30.3 Å². The van der Waals surface area contributed by atoms with E-state index in [1.54, 1.807) is 5.01 Å². The van der Waals surface area contributed by atoms with Gasteiger partial charge in [0.2, 0.25) is 5.91 Å². The Labute approximate surface area is 102 Å². The second-order valence-electron chi connectivity index (χ2n) is 4.45. The summed E-state index contributed by atoms with van der Waals surface area (Å²) in [4.78, 5) is 14.1. The van der Waals surface area contributed by atoms with E-state index in [1.807, 2.05) is 42.2 Å². The van der Waals surface area contributed by atoms with Crippen molar-refractivity contribution >= 4 is 11.6 Å². The molecule has 17 heavy (non-hydrogen) atoms. The molecular weight excluding hydrogens is 214 g/mol. The molecule has 0 aliphatic carbocycles. The summed E-state index contributed by atoms with van der Waals surface area (Å²) in [5.74, 6) is 6.11. The summed E-state index contributed by atoms with van der Waals surface area (Å²) in [5.41, 5.74) is 0.868. The Morgan fingerprint density at radius 1 is 1.29 bits per heavy atom. The van der Waals surface area contributed by atoms with E-state index in [-0.39, 0.29) is 11.9 Å². The lowest BCUT2D eigenvalue weighted by atomic mass is 10.2. The summed E-state index contributed by atoms with van der Waals surface area (Å²) in [6.07, 6.45) is 2.21. The average molecular weight is 233 g/mol. The quantitative estimate of drug-likeness (QED) is 0.634. The predicted octanol–water partition coefficient (Wildman–Crippen LogP) is 1.38. The van der Waals surface area contributed by atoms with Gasteiger partial charge in [0.1, 0.15) is 6.04 Å². The molecule has 1 aromatic carbocycles. The number of rotatable bonds is 3. The zero-order valence-corrected chi connectivity index (χ0v) is 10.2. The van der Waals surface area contributed by atoms with Gasteiger partial charge in [0.25, 0.3) is 0 Å². The van der Waals surface area contributed by atoms with Crippen LogP contribution in [0.25, 0.3) is 0 Å². The van der Waals surface area contributed by atoms with Crippen molar-refractivity contribution in [1.29, 1.82) is 0 Å². The van der Waals surface area contributed by atoms with Gasteiger partial charge in [-0.25, -0.2) is 5.84 Å². The van der Waals surface area contributed by atoms with Crippen LogP contribution in [-0.4, -0.2) is 29.9 Å². The van der Waals surface area contributed by atoms with Gasteiger partial charge in [0, 0.05) is 13.1 Å². The standard InChI is InChI=1S/C13H19N3O/c1-11(13(17)15-9-5-6-10-15)16(14)12-7-3-2-4-8-12/h2-4,7-8,11H,5-6,9-10,14H2,1H3. The SMILES string of the molecule is CC(C(=O)N1CCCC1)N(N)c1ccccc1. The van der Waals surface area contributed by atoms with Crippen molar-refractivity contribution in [2.24, 2.45) is 5.84 Å². The summed E-state index contributed by atoms with van der Waals surface area (Å²) in [7, 11) is 0. The fourth-order valence-electron chi connectivity index (χ4n) is 2.14. The van der Waals surface area contributed by atoms with E-state index >= 15 is 0 Å². The molecule has 2 N–H and O–H groups in total. The Balaban J connectivity index is 2.04. The Morgan fingerprint density at radius 3 is 2.47 bits per heavy atom. The molecule has 1 aromatic rings. The van der Waals surface area contributed by atoms with Gasteiger partial charge in [-0.3, -0.25) is 9.80 Å². The number of anilines is 1. The normalized spacial score (nSPS) is 16.9. The molecule has 1 aliphatic rings. The molecule has 1 saturated heterocycles. The number of carbonyl (C=O) groups is 1. The van der Waals surface area contributed by atoms with Crippen molar-refractivity contribution in [1.82, 2.24) is 4.90 Å². The molecule has 92 valence electrons. The lowest BCUT2D eigenvalue weighted by Gasteiger charge is -2.28. The van der Waals surface area contributed by atoms with Gasteiger partial charge in [0.05, 0.1) is 5.69 Å². The van der Waals surface area contributed by atoms with Crippen molar-refractivity contribution in [2.75, 3.05) is 18.1 Å². The average Bonchev–Trinajstić information content (AvgIpc) is 2.91. The molecule has 1 fully saturated rings. The fourth-order valence-corrected chi connectivity index (χ4v) is 2.14. The fraction of sp³-hybridized carbons (Fsp3) is 0.462. The van der Waals surface area contributed by atoms with E-state index < -0.39 is 0 Å². The molecule has 0 bridgehead atoms. The molecule has 4 heteroatoms. The number of likely N-dealkylation sites (tertiary alicyclic amines) is 1. The van der Waals surface area contributed by atoms with Crippen molar-refractivity contribution in [3.8, 4) is 0 Å². The molecule has 2 rings (SSSR count). The third-order valence-electron chi connectivity index (χ3n) is 3.25. The van der Waals surface area contributed by atoms with Crippen LogP contribution in [0.15, 0.2) is 30.3 Å². The molecule has 0 aromatic heterocycles. The highest BCUT2D eigenvalue weighted by molar-refractivity contribution is 5.84. The van der Waals surface area contributed by atoms with Crippen LogP contribution in [0.2, 0.25) is 0 Å². The van der Waals surface area contributed by atoms with Crippen LogP contribution < -0.4 is 10.9 Å². The molecule has 1 unspecified atom stereocenters. The minimum atomic E-state index is -0.310. The number of nitrogens with zero attached hydrogens (tertiary/aromatic N) is 2. The lowest BCUT2D eigenvalue weighted by Crippen LogP contribution is -2.49. The highest BCUT2D eigenvalue weighted by Gasteiger charge is 2.26. The molecule has 1 aliphatic heterocycles. The topological polar surface area (TPSA) is 49.6 Å². The number of amides is 1. The summed E-state index contributed by atoms with van der Waals surface area (Å²) in [6, 6.07) is 9.28. The Morgan fingerprint density at radius 2 is 1.88 bits per heavy atom. The minimum Gasteiger partial charge on any atom is -0.341 e. The maximum Gasteiger partial charge on any atom is 0.246 e. The number of hydrogen-bond acceptors (Lipinski definition) is 3. The summed E-state index contributed by atoms with van der Waals surface area (Å²) >= 11 is 0. The molecule has 0 saturated carbocycles. The van der Waals surface area contributed by atoms with E-state index in [0.29, 0.717) is 0 Å². The molecule has 1 amide bonds. The first-order chi connectivity index (χ1) is 8.20. The largest absolute Gasteiger partial charge is 0.341 e. The van der Waals surface area contributed by atoms with Crippen LogP contribution in [0.4, 0.5) is 5.69 Å². The number of para-hydroxylation sites is 1. The van der Waals surface area contributed by atoms with Gasteiger partial charge >= 0.3 is 0 Å². The molecular formula is C13H19N3O. The van der Waals surface area contributed by atoms with Gasteiger partial charge in [-0.05, 0) is 31.9 Å². The van der Waals surface area contributed by atoms with Crippen LogP contribution >= 0.6 is 0 Å². The highest BCUT2D eigenvalue weighted by atomic mass is 16.2. The molecule has 1 atom stereocenters. The maximum absolute atomic E-state index is 12.2. The Bertz CT molecular complexity index is 374. The Hall–Kier alpha value is -1.55. The van der Waals surface area contributed by atoms with Gasteiger partial charge in [-0.15, -0.1) is 0 Å². The number of nitrogens with two attached hydrogens (primary N) is 1. The maximum atomic E-state index is 12.2. The first kappa shape index (κ1) is 11.9. The van der Waals surface area contributed by atoms with Crippen LogP contribution in [0.1, 0.15) is 19.8 Å². The van der Waals surface area contributed by atoms with Gasteiger partial charge in [0.15, 0.2) is 0 Å².